The highest BCUT2D eigenvalue weighted by Crippen LogP contribution is 2.41. The van der Waals surface area contributed by atoms with Crippen LogP contribution in [0, 0.1) is 17.3 Å². The van der Waals surface area contributed by atoms with Crippen molar-refractivity contribution in [1.29, 1.82) is 0 Å². The maximum atomic E-state index is 14.2. The minimum Gasteiger partial charge on any atom is -0.467 e. The van der Waals surface area contributed by atoms with E-state index in [1.807, 2.05) is 19.6 Å². The molecule has 7 nitrogen and oxygen atoms in total. The fourth-order valence-corrected chi connectivity index (χ4v) is 4.93. The van der Waals surface area contributed by atoms with E-state index >= 15 is 0 Å². The molecule has 36 heavy (non-hydrogen) atoms. The molecule has 0 bridgehead atoms. The Balaban J connectivity index is 1.95. The fraction of sp³-hybridized carbons (Fsp3) is 0.296. The van der Waals surface area contributed by atoms with Gasteiger partial charge in [-0.25, -0.2) is 14.0 Å². The van der Waals surface area contributed by atoms with Gasteiger partial charge in [0.25, 0.3) is 5.91 Å². The number of hydrogen-bond donors (Lipinski definition) is 1. The lowest BCUT2D eigenvalue weighted by atomic mass is 9.87. The zero-order valence-corrected chi connectivity index (χ0v) is 21.8. The first-order valence-corrected chi connectivity index (χ1v) is 15.0. The second kappa shape index (κ2) is 9.63. The predicted octanol–water partition coefficient (Wildman–Crippen LogP) is 3.99. The molecule has 9 heteroatoms. The van der Waals surface area contributed by atoms with Gasteiger partial charge in [0.2, 0.25) is 0 Å². The standard InChI is InChI=1S/C27H27FN2O5Si/c1-34-26(32)17-8-6-16(7-9-17)25-24-20(19-14-18(28)10-11-21(19)29-24)15-22(27(33)35-2)30(25)23(31)12-13-36(3,4)5/h6-11,14,22,25,29H,15H2,1-5H3/t22-,25-/m1/s1. The van der Waals surface area contributed by atoms with Crippen molar-refractivity contribution >= 4 is 36.8 Å². The molecule has 1 N–H and O–H groups in total. The quantitative estimate of drug-likeness (QED) is 0.330. The van der Waals surface area contributed by atoms with Crippen molar-refractivity contribution in [1.82, 2.24) is 9.88 Å². The molecule has 0 saturated carbocycles. The molecule has 1 aromatic heterocycles. The third-order valence-corrected chi connectivity index (χ3v) is 6.96. The summed E-state index contributed by atoms with van der Waals surface area (Å²) in [5.41, 5.74) is 6.14. The summed E-state index contributed by atoms with van der Waals surface area (Å²) in [6.45, 7) is 6.07. The Hall–Kier alpha value is -3.90. The Bertz CT molecular complexity index is 1410. The second-order valence-electron chi connectivity index (χ2n) is 9.68. The lowest BCUT2D eigenvalue weighted by molar-refractivity contribution is -0.153. The number of H-pyrrole nitrogens is 1. The number of esters is 2. The Labute approximate surface area is 209 Å². The average molecular weight is 507 g/mol. The molecule has 0 unspecified atom stereocenters. The summed E-state index contributed by atoms with van der Waals surface area (Å²) in [7, 11) is 0.668. The van der Waals surface area contributed by atoms with Crippen LogP contribution >= 0.6 is 0 Å². The van der Waals surface area contributed by atoms with Crippen LogP contribution in [0.25, 0.3) is 10.9 Å². The smallest absolute Gasteiger partial charge is 0.337 e. The number of carbonyl (C=O) groups is 3. The van der Waals surface area contributed by atoms with Gasteiger partial charge in [-0.15, -0.1) is 5.54 Å². The molecular formula is C27H27FN2O5Si. The number of halogens is 1. The van der Waals surface area contributed by atoms with E-state index in [0.29, 0.717) is 27.7 Å². The highest BCUT2D eigenvalue weighted by Gasteiger charge is 2.44. The van der Waals surface area contributed by atoms with Crippen LogP contribution < -0.4 is 0 Å². The summed E-state index contributed by atoms with van der Waals surface area (Å²) in [6, 6.07) is 9.29. The summed E-state index contributed by atoms with van der Waals surface area (Å²) in [5, 5.41) is 0.635. The summed E-state index contributed by atoms with van der Waals surface area (Å²) in [5.74, 6) is 0.758. The SMILES string of the molecule is COC(=O)c1ccc([C@@H]2c3[nH]c4ccc(F)cc4c3C[C@H](C(=O)OC)N2C(=O)C#C[Si](C)(C)C)cc1. The maximum Gasteiger partial charge on any atom is 0.337 e. The van der Waals surface area contributed by atoms with E-state index in [1.165, 1.54) is 31.3 Å². The summed E-state index contributed by atoms with van der Waals surface area (Å²) in [4.78, 5) is 43.3. The number of carbonyl (C=O) groups excluding carboxylic acids is 3. The molecule has 2 atom stereocenters. The van der Waals surface area contributed by atoms with Gasteiger partial charge < -0.3 is 19.4 Å². The third kappa shape index (κ3) is 4.77. The van der Waals surface area contributed by atoms with E-state index in [0.717, 1.165) is 5.56 Å². The zero-order valence-electron chi connectivity index (χ0n) is 20.8. The number of aromatic nitrogens is 1. The third-order valence-electron chi connectivity index (χ3n) is 6.09. The molecule has 186 valence electrons. The number of fused-ring (bicyclic) bond motifs is 3. The van der Waals surface area contributed by atoms with Gasteiger partial charge in [-0.2, -0.15) is 0 Å². The molecular weight excluding hydrogens is 479 g/mol. The lowest BCUT2D eigenvalue weighted by Crippen LogP contribution is -2.51. The van der Waals surface area contributed by atoms with Crippen molar-refractivity contribution in [3.05, 3.63) is 70.7 Å². The number of amides is 1. The minimum absolute atomic E-state index is 0.141. The summed E-state index contributed by atoms with van der Waals surface area (Å²) in [6.07, 6.45) is 0.141. The van der Waals surface area contributed by atoms with E-state index in [1.54, 1.807) is 30.3 Å². The zero-order chi connectivity index (χ0) is 26.2. The van der Waals surface area contributed by atoms with E-state index in [2.05, 4.69) is 16.4 Å². The van der Waals surface area contributed by atoms with Crippen molar-refractivity contribution in [3.63, 3.8) is 0 Å². The number of methoxy groups -OCH3 is 2. The van der Waals surface area contributed by atoms with Gasteiger partial charge in [0.15, 0.2) is 0 Å². The Morgan fingerprint density at radius 2 is 1.75 bits per heavy atom. The second-order valence-corrected chi connectivity index (χ2v) is 14.4. The molecule has 4 rings (SSSR count). The van der Waals surface area contributed by atoms with E-state index in [-0.39, 0.29) is 6.42 Å². The minimum atomic E-state index is -1.90. The van der Waals surface area contributed by atoms with Crippen molar-refractivity contribution < 1.29 is 28.2 Å². The fourth-order valence-electron chi connectivity index (χ4n) is 4.45. The van der Waals surface area contributed by atoms with Crippen LogP contribution in [-0.2, 0) is 25.5 Å². The van der Waals surface area contributed by atoms with Gasteiger partial charge >= 0.3 is 11.9 Å². The van der Waals surface area contributed by atoms with Gasteiger partial charge in [-0.3, -0.25) is 4.79 Å². The number of aromatic amines is 1. The highest BCUT2D eigenvalue weighted by molar-refractivity contribution is 6.84. The molecule has 1 aliphatic rings. The molecule has 0 spiro atoms. The molecule has 0 saturated heterocycles. The first-order valence-electron chi connectivity index (χ1n) is 11.5. The molecule has 2 aromatic carbocycles. The van der Waals surface area contributed by atoms with Crippen molar-refractivity contribution in [2.75, 3.05) is 14.2 Å². The predicted molar refractivity (Wildman–Crippen MR) is 135 cm³/mol. The van der Waals surface area contributed by atoms with Crippen LogP contribution in [0.5, 0.6) is 0 Å². The molecule has 2 heterocycles. The van der Waals surface area contributed by atoms with Gasteiger partial charge in [0.1, 0.15) is 19.9 Å². The topological polar surface area (TPSA) is 88.7 Å². The Morgan fingerprint density at radius 3 is 2.36 bits per heavy atom. The summed E-state index contributed by atoms with van der Waals surface area (Å²) < 4.78 is 24.0. The van der Waals surface area contributed by atoms with E-state index in [4.69, 9.17) is 9.47 Å². The van der Waals surface area contributed by atoms with E-state index < -0.39 is 43.8 Å². The Morgan fingerprint density at radius 1 is 1.06 bits per heavy atom. The lowest BCUT2D eigenvalue weighted by Gasteiger charge is -2.40. The number of nitrogens with zero attached hydrogens (tertiary/aromatic N) is 1. The van der Waals surface area contributed by atoms with Gasteiger partial charge in [-0.05, 0) is 47.4 Å². The number of rotatable bonds is 3. The van der Waals surface area contributed by atoms with Crippen LogP contribution in [-0.4, -0.2) is 56.1 Å². The summed E-state index contributed by atoms with van der Waals surface area (Å²) >= 11 is 0. The van der Waals surface area contributed by atoms with Crippen molar-refractivity contribution in [2.45, 2.75) is 38.1 Å². The molecule has 0 radical (unpaired) electrons. The molecule has 3 aromatic rings. The first kappa shape index (κ1) is 25.2. The normalized spacial score (nSPS) is 17.1. The van der Waals surface area contributed by atoms with Crippen LogP contribution in [0.3, 0.4) is 0 Å². The van der Waals surface area contributed by atoms with Gasteiger partial charge in [0, 0.05) is 23.0 Å². The van der Waals surface area contributed by atoms with E-state index in [9.17, 15) is 18.8 Å². The number of benzene rings is 2. The number of ether oxygens (including phenoxy) is 2. The molecule has 0 aliphatic carbocycles. The van der Waals surface area contributed by atoms with Crippen molar-refractivity contribution in [2.24, 2.45) is 0 Å². The molecule has 1 amide bonds. The van der Waals surface area contributed by atoms with Crippen molar-refractivity contribution in [3.8, 4) is 11.5 Å². The van der Waals surface area contributed by atoms with Crippen LogP contribution in [0.1, 0.15) is 33.2 Å². The average Bonchev–Trinajstić information content (AvgIpc) is 3.22. The Kier molecular flexibility index (Phi) is 6.74. The maximum absolute atomic E-state index is 14.2. The van der Waals surface area contributed by atoms with Gasteiger partial charge in [-0.1, -0.05) is 31.8 Å². The monoisotopic (exact) mass is 506 g/mol. The first-order chi connectivity index (χ1) is 17.0. The van der Waals surface area contributed by atoms with Crippen LogP contribution in [0.15, 0.2) is 42.5 Å². The number of nitrogens with one attached hydrogen (secondary N) is 1. The number of hydrogen-bond acceptors (Lipinski definition) is 5. The van der Waals surface area contributed by atoms with Gasteiger partial charge in [0.05, 0.1) is 25.8 Å². The highest BCUT2D eigenvalue weighted by atomic mass is 28.3. The van der Waals surface area contributed by atoms with Crippen LogP contribution in [0.2, 0.25) is 19.6 Å². The van der Waals surface area contributed by atoms with Crippen LogP contribution in [0.4, 0.5) is 4.39 Å². The molecule has 1 aliphatic heterocycles. The molecule has 0 fully saturated rings. The largest absolute Gasteiger partial charge is 0.467 e.